The molecule has 0 unspecified atom stereocenters. The molecule has 0 aliphatic heterocycles. The van der Waals surface area contributed by atoms with E-state index in [-0.39, 0.29) is 12.3 Å². The summed E-state index contributed by atoms with van der Waals surface area (Å²) in [6.45, 7) is 0.486. The second kappa shape index (κ2) is 10.1. The lowest BCUT2D eigenvalue weighted by atomic mass is 10.0. The highest BCUT2D eigenvalue weighted by molar-refractivity contribution is 5.87. The molecule has 29 heavy (non-hydrogen) atoms. The first kappa shape index (κ1) is 20.1. The predicted molar refractivity (Wildman–Crippen MR) is 112 cm³/mol. The number of amides is 2. The fourth-order valence-corrected chi connectivity index (χ4v) is 2.95. The lowest BCUT2D eigenvalue weighted by molar-refractivity contribution is -0.127. The van der Waals surface area contributed by atoms with Crippen LogP contribution in [0.2, 0.25) is 0 Å². The number of hydrogen-bond acceptors (Lipinski definition) is 3. The van der Waals surface area contributed by atoms with Crippen molar-refractivity contribution in [1.82, 2.24) is 5.32 Å². The van der Waals surface area contributed by atoms with Gasteiger partial charge in [-0.05, 0) is 28.8 Å². The van der Waals surface area contributed by atoms with E-state index in [1.54, 1.807) is 0 Å². The molecule has 0 fully saturated rings. The minimum Gasteiger partial charge on any atom is -0.489 e. The molecule has 1 atom stereocenters. The van der Waals surface area contributed by atoms with Crippen LogP contribution >= 0.6 is 0 Å². The van der Waals surface area contributed by atoms with Crippen molar-refractivity contribution in [3.63, 3.8) is 0 Å². The molecule has 0 bridgehead atoms. The fourth-order valence-electron chi connectivity index (χ4n) is 2.95. The third-order valence-corrected chi connectivity index (χ3v) is 4.50. The van der Waals surface area contributed by atoms with E-state index in [1.807, 2.05) is 84.9 Å². The number of ether oxygens (including phenoxy) is 1. The average Bonchev–Trinajstić information content (AvgIpc) is 2.74. The third kappa shape index (κ3) is 6.50. The summed E-state index contributed by atoms with van der Waals surface area (Å²) in [7, 11) is 0. The Bertz CT molecular complexity index is 925. The van der Waals surface area contributed by atoms with E-state index in [4.69, 9.17) is 10.5 Å². The van der Waals surface area contributed by atoms with Crippen molar-refractivity contribution in [2.75, 3.05) is 0 Å². The van der Waals surface area contributed by atoms with Crippen molar-refractivity contribution >= 4 is 11.8 Å². The van der Waals surface area contributed by atoms with Gasteiger partial charge in [0.25, 0.3) is 0 Å². The molecule has 3 aromatic carbocycles. The Morgan fingerprint density at radius 1 is 0.793 bits per heavy atom. The van der Waals surface area contributed by atoms with Crippen LogP contribution in [0.1, 0.15) is 16.7 Å². The van der Waals surface area contributed by atoms with E-state index in [0.29, 0.717) is 13.0 Å². The van der Waals surface area contributed by atoms with Crippen LogP contribution < -0.4 is 15.8 Å². The largest absolute Gasteiger partial charge is 0.489 e. The molecule has 5 heteroatoms. The Morgan fingerprint density at radius 3 is 1.97 bits per heavy atom. The summed E-state index contributed by atoms with van der Waals surface area (Å²) in [4.78, 5) is 24.1. The van der Waals surface area contributed by atoms with Crippen molar-refractivity contribution in [3.8, 4) is 5.75 Å². The molecule has 0 aliphatic rings. The summed E-state index contributed by atoms with van der Waals surface area (Å²) in [5, 5.41) is 2.73. The molecule has 0 saturated carbocycles. The van der Waals surface area contributed by atoms with Gasteiger partial charge < -0.3 is 15.8 Å². The molecule has 0 saturated heterocycles. The van der Waals surface area contributed by atoms with E-state index in [9.17, 15) is 9.59 Å². The first-order valence-corrected chi connectivity index (χ1v) is 9.48. The number of primary amides is 1. The van der Waals surface area contributed by atoms with Crippen LogP contribution in [0.5, 0.6) is 5.75 Å². The minimum absolute atomic E-state index is 0.205. The highest BCUT2D eigenvalue weighted by atomic mass is 16.5. The van der Waals surface area contributed by atoms with Gasteiger partial charge in [0, 0.05) is 6.42 Å². The molecular formula is C24H24N2O3. The molecule has 3 aromatic rings. The summed E-state index contributed by atoms with van der Waals surface area (Å²) in [6.07, 6.45) is 0.533. The summed E-state index contributed by atoms with van der Waals surface area (Å²) < 4.78 is 5.77. The highest BCUT2D eigenvalue weighted by Gasteiger charge is 2.18. The van der Waals surface area contributed by atoms with Crippen LogP contribution in [-0.2, 0) is 29.0 Å². The molecule has 3 rings (SSSR count). The van der Waals surface area contributed by atoms with E-state index in [0.717, 1.165) is 22.4 Å². The van der Waals surface area contributed by atoms with Gasteiger partial charge in [-0.15, -0.1) is 0 Å². The lowest BCUT2D eigenvalue weighted by Gasteiger charge is -2.16. The predicted octanol–water partition coefficient (Wildman–Crippen LogP) is 3.02. The smallest absolute Gasteiger partial charge is 0.240 e. The standard InChI is InChI=1S/C24H24N2O3/c25-24(28)22(26-23(27)16-18-7-3-1-4-8-18)15-19-11-13-21(14-12-19)29-17-20-9-5-2-6-10-20/h1-14,22H,15-17H2,(H2,25,28)(H,26,27)/t22-/m1/s1. The van der Waals surface area contributed by atoms with E-state index < -0.39 is 11.9 Å². The van der Waals surface area contributed by atoms with Crippen molar-refractivity contribution in [2.24, 2.45) is 5.73 Å². The number of carbonyl (C=O) groups excluding carboxylic acids is 2. The third-order valence-electron chi connectivity index (χ3n) is 4.50. The maximum atomic E-state index is 12.3. The van der Waals surface area contributed by atoms with Gasteiger partial charge in [-0.25, -0.2) is 0 Å². The van der Waals surface area contributed by atoms with Crippen LogP contribution in [0, 0.1) is 0 Å². The molecule has 0 aromatic heterocycles. The second-order valence-corrected chi connectivity index (χ2v) is 6.81. The van der Waals surface area contributed by atoms with Crippen molar-refractivity contribution in [1.29, 1.82) is 0 Å². The monoisotopic (exact) mass is 388 g/mol. The number of benzene rings is 3. The van der Waals surface area contributed by atoms with Gasteiger partial charge >= 0.3 is 0 Å². The minimum atomic E-state index is -0.762. The summed E-state index contributed by atoms with van der Waals surface area (Å²) in [5.41, 5.74) is 8.35. The maximum absolute atomic E-state index is 12.3. The van der Waals surface area contributed by atoms with Gasteiger partial charge in [-0.2, -0.15) is 0 Å². The molecule has 0 heterocycles. The molecule has 0 aliphatic carbocycles. The van der Waals surface area contributed by atoms with Gasteiger partial charge in [0.15, 0.2) is 0 Å². The van der Waals surface area contributed by atoms with E-state index >= 15 is 0 Å². The number of rotatable bonds is 9. The summed E-state index contributed by atoms with van der Waals surface area (Å²) in [6, 6.07) is 26.0. The number of hydrogen-bond donors (Lipinski definition) is 2. The highest BCUT2D eigenvalue weighted by Crippen LogP contribution is 2.15. The number of carbonyl (C=O) groups is 2. The zero-order valence-electron chi connectivity index (χ0n) is 16.1. The lowest BCUT2D eigenvalue weighted by Crippen LogP contribution is -2.46. The maximum Gasteiger partial charge on any atom is 0.240 e. The fraction of sp³-hybridized carbons (Fsp3) is 0.167. The van der Waals surface area contributed by atoms with Gasteiger partial charge in [-0.3, -0.25) is 9.59 Å². The Labute approximate surface area is 170 Å². The molecular weight excluding hydrogens is 364 g/mol. The number of nitrogens with one attached hydrogen (secondary N) is 1. The van der Waals surface area contributed by atoms with Gasteiger partial charge in [0.1, 0.15) is 18.4 Å². The van der Waals surface area contributed by atoms with Crippen molar-refractivity contribution in [2.45, 2.75) is 25.5 Å². The SMILES string of the molecule is NC(=O)[C@@H](Cc1ccc(OCc2ccccc2)cc1)NC(=O)Cc1ccccc1. The first-order valence-electron chi connectivity index (χ1n) is 9.48. The Morgan fingerprint density at radius 2 is 1.38 bits per heavy atom. The number of nitrogens with two attached hydrogens (primary N) is 1. The van der Waals surface area contributed by atoms with Crippen LogP contribution in [0.25, 0.3) is 0 Å². The van der Waals surface area contributed by atoms with Crippen LogP contribution in [0.4, 0.5) is 0 Å². The second-order valence-electron chi connectivity index (χ2n) is 6.81. The Kier molecular flexibility index (Phi) is 7.00. The first-order chi connectivity index (χ1) is 14.1. The van der Waals surface area contributed by atoms with Crippen LogP contribution in [0.15, 0.2) is 84.9 Å². The summed E-state index contributed by atoms with van der Waals surface area (Å²) in [5.74, 6) is -0.0556. The van der Waals surface area contributed by atoms with Crippen molar-refractivity contribution < 1.29 is 14.3 Å². The van der Waals surface area contributed by atoms with Crippen molar-refractivity contribution in [3.05, 3.63) is 102 Å². The van der Waals surface area contributed by atoms with Gasteiger partial charge in [0.05, 0.1) is 6.42 Å². The molecule has 0 radical (unpaired) electrons. The van der Waals surface area contributed by atoms with Gasteiger partial charge in [-0.1, -0.05) is 72.8 Å². The molecule has 148 valence electrons. The van der Waals surface area contributed by atoms with Crippen LogP contribution in [0.3, 0.4) is 0 Å². The Hall–Kier alpha value is -3.60. The van der Waals surface area contributed by atoms with Crippen LogP contribution in [-0.4, -0.2) is 17.9 Å². The molecule has 5 nitrogen and oxygen atoms in total. The van der Waals surface area contributed by atoms with E-state index in [2.05, 4.69) is 5.32 Å². The zero-order valence-corrected chi connectivity index (χ0v) is 16.1. The molecule has 0 spiro atoms. The summed E-state index contributed by atoms with van der Waals surface area (Å²) >= 11 is 0. The van der Waals surface area contributed by atoms with Gasteiger partial charge in [0.2, 0.25) is 11.8 Å². The molecule has 2 amide bonds. The Balaban J connectivity index is 1.54. The average molecular weight is 388 g/mol. The topological polar surface area (TPSA) is 81.4 Å². The zero-order chi connectivity index (χ0) is 20.5. The van der Waals surface area contributed by atoms with E-state index in [1.165, 1.54) is 0 Å². The quantitative estimate of drug-likeness (QED) is 0.591. The normalized spacial score (nSPS) is 11.4. The molecule has 3 N–H and O–H groups in total.